The lowest BCUT2D eigenvalue weighted by Gasteiger charge is -2.54. The molecule has 0 bridgehead atoms. The molecule has 0 saturated carbocycles. The summed E-state index contributed by atoms with van der Waals surface area (Å²) >= 11 is 5.17. The van der Waals surface area contributed by atoms with Crippen LogP contribution in [0, 0.1) is 0 Å². The molecule has 148 valence electrons. The number of hydrogen-bond donors (Lipinski definition) is 1. The van der Waals surface area contributed by atoms with Gasteiger partial charge in [-0.25, -0.2) is 0 Å². The van der Waals surface area contributed by atoms with Gasteiger partial charge >= 0.3 is 18.1 Å². The zero-order chi connectivity index (χ0) is 19.4. The maximum atomic E-state index is 13.2. The molecule has 2 saturated heterocycles. The molecule has 0 aromatic carbocycles. The standard InChI is InChI=1S/C13H19F3N3O5PS/c14-12(15,16)11(22)19(9-10(20)21)13(25-26,17-1-5-23-6-2-17)18-3-7-24-8-4-18/h1-9H2,(H,20,21). The topological polar surface area (TPSA) is 82.5 Å². The van der Waals surface area contributed by atoms with E-state index < -0.39 is 30.1 Å². The van der Waals surface area contributed by atoms with Gasteiger partial charge < -0.3 is 14.6 Å². The highest BCUT2D eigenvalue weighted by Gasteiger charge is 2.56. The Hall–Kier alpha value is -0.910. The van der Waals surface area contributed by atoms with Crippen molar-refractivity contribution >= 4 is 31.0 Å². The Morgan fingerprint density at radius 1 is 1.04 bits per heavy atom. The molecule has 0 atom stereocenters. The van der Waals surface area contributed by atoms with Gasteiger partial charge in [0.15, 0.2) is 0 Å². The van der Waals surface area contributed by atoms with Crippen LogP contribution in [-0.4, -0.2) is 103 Å². The van der Waals surface area contributed by atoms with Gasteiger partial charge in [0.25, 0.3) is 0 Å². The van der Waals surface area contributed by atoms with E-state index in [9.17, 15) is 22.8 Å². The first kappa shape index (κ1) is 21.4. The van der Waals surface area contributed by atoms with Crippen molar-refractivity contribution < 1.29 is 37.3 Å². The first-order valence-corrected chi connectivity index (χ1v) is 9.75. The number of amides is 1. The average molecular weight is 417 g/mol. The molecule has 1 amide bonds. The number of carbonyl (C=O) groups excluding carboxylic acids is 1. The van der Waals surface area contributed by atoms with Crippen molar-refractivity contribution in [2.75, 3.05) is 59.2 Å². The Bertz CT molecular complexity index is 524. The number of nitrogens with zero attached hydrogens (tertiary/aromatic N) is 3. The van der Waals surface area contributed by atoms with Gasteiger partial charge in [-0.15, -0.1) is 0 Å². The summed E-state index contributed by atoms with van der Waals surface area (Å²) in [6.45, 7) is 0.776. The monoisotopic (exact) mass is 417 g/mol. The number of alkyl halides is 3. The van der Waals surface area contributed by atoms with Crippen LogP contribution in [0.1, 0.15) is 0 Å². The molecule has 2 rings (SSSR count). The largest absolute Gasteiger partial charge is 0.480 e. The van der Waals surface area contributed by atoms with Crippen LogP contribution in [0.25, 0.3) is 0 Å². The lowest BCUT2D eigenvalue weighted by Crippen LogP contribution is -2.72. The van der Waals surface area contributed by atoms with E-state index in [-0.39, 0.29) is 60.0 Å². The molecular formula is C13H19F3N3O5PS. The Labute approximate surface area is 154 Å². The predicted octanol–water partition coefficient (Wildman–Crippen LogP) is 0.146. The molecular weight excluding hydrogens is 398 g/mol. The van der Waals surface area contributed by atoms with E-state index in [4.69, 9.17) is 26.4 Å². The number of aliphatic carboxylic acids is 1. The average Bonchev–Trinajstić information content (AvgIpc) is 2.62. The first-order valence-electron chi connectivity index (χ1n) is 7.84. The fourth-order valence-corrected chi connectivity index (χ4v) is 4.91. The molecule has 2 aliphatic rings. The van der Waals surface area contributed by atoms with E-state index in [1.165, 1.54) is 0 Å². The quantitative estimate of drug-likeness (QED) is 0.612. The third kappa shape index (κ3) is 4.49. The Morgan fingerprint density at radius 3 is 1.77 bits per heavy atom. The van der Waals surface area contributed by atoms with Crippen molar-refractivity contribution in [1.29, 1.82) is 0 Å². The Balaban J connectivity index is 2.53. The van der Waals surface area contributed by atoms with E-state index in [2.05, 4.69) is 0 Å². The van der Waals surface area contributed by atoms with Crippen LogP contribution in [-0.2, 0) is 30.9 Å². The normalized spacial score (nSPS) is 20.9. The van der Waals surface area contributed by atoms with Crippen molar-refractivity contribution in [3.8, 4) is 0 Å². The summed E-state index contributed by atoms with van der Waals surface area (Å²) in [5.74, 6) is -3.78. The number of ether oxygens (including phenoxy) is 2. The van der Waals surface area contributed by atoms with Gasteiger partial charge in [-0.05, 0) is 0 Å². The minimum atomic E-state index is -5.22. The summed E-state index contributed by atoms with van der Waals surface area (Å²) in [6, 6.07) is 0. The summed E-state index contributed by atoms with van der Waals surface area (Å²) in [7, 11) is -0.00539. The van der Waals surface area contributed by atoms with E-state index in [0.717, 1.165) is 0 Å². The third-order valence-electron chi connectivity index (χ3n) is 4.14. The molecule has 0 aromatic rings. The first-order chi connectivity index (χ1) is 12.2. The second-order valence-corrected chi connectivity index (χ2v) is 7.00. The van der Waals surface area contributed by atoms with Gasteiger partial charge in [0.05, 0.1) is 26.4 Å². The SMILES string of the molecule is O=C(O)CN(C(=O)C(F)(F)F)C(P=S)(N1CCOCC1)N1CCOCC1. The van der Waals surface area contributed by atoms with E-state index in [1.807, 2.05) is 0 Å². The van der Waals surface area contributed by atoms with Crippen LogP contribution in [0.15, 0.2) is 0 Å². The highest BCUT2D eigenvalue weighted by molar-refractivity contribution is 7.97. The molecule has 2 aliphatic heterocycles. The summed E-state index contributed by atoms with van der Waals surface area (Å²) in [6.07, 6.45) is -5.22. The highest BCUT2D eigenvalue weighted by Crippen LogP contribution is 2.39. The van der Waals surface area contributed by atoms with Gasteiger partial charge in [-0.3, -0.25) is 24.3 Å². The molecule has 0 aliphatic carbocycles. The molecule has 0 spiro atoms. The second kappa shape index (κ2) is 8.85. The van der Waals surface area contributed by atoms with E-state index in [1.54, 1.807) is 9.80 Å². The molecule has 13 heteroatoms. The van der Waals surface area contributed by atoms with Crippen molar-refractivity contribution in [2.24, 2.45) is 0 Å². The van der Waals surface area contributed by atoms with Crippen LogP contribution in [0.2, 0.25) is 0 Å². The zero-order valence-corrected chi connectivity index (χ0v) is 15.5. The maximum Gasteiger partial charge on any atom is 0.471 e. The number of morpholine rings is 2. The Morgan fingerprint density at radius 2 is 1.46 bits per heavy atom. The highest BCUT2D eigenvalue weighted by atomic mass is 32.4. The van der Waals surface area contributed by atoms with Gasteiger partial charge in [0.1, 0.15) is 6.54 Å². The zero-order valence-electron chi connectivity index (χ0n) is 13.8. The van der Waals surface area contributed by atoms with Crippen molar-refractivity contribution in [2.45, 2.75) is 11.7 Å². The van der Waals surface area contributed by atoms with Gasteiger partial charge in [-0.1, -0.05) is 11.8 Å². The molecule has 26 heavy (non-hydrogen) atoms. The number of halogens is 3. The fourth-order valence-electron chi connectivity index (χ4n) is 3.04. The number of carboxylic acids is 1. The molecule has 1 N–H and O–H groups in total. The number of carboxylic acid groups (broad SMARTS) is 1. The van der Waals surface area contributed by atoms with E-state index >= 15 is 0 Å². The number of carbonyl (C=O) groups is 2. The molecule has 0 aromatic heterocycles. The van der Waals surface area contributed by atoms with Crippen molar-refractivity contribution in [1.82, 2.24) is 14.7 Å². The third-order valence-corrected chi connectivity index (χ3v) is 5.92. The van der Waals surface area contributed by atoms with Crippen LogP contribution in [0.3, 0.4) is 0 Å². The smallest absolute Gasteiger partial charge is 0.471 e. The minimum Gasteiger partial charge on any atom is -0.480 e. The van der Waals surface area contributed by atoms with E-state index in [0.29, 0.717) is 4.90 Å². The van der Waals surface area contributed by atoms with Crippen LogP contribution in [0.4, 0.5) is 13.2 Å². The number of hydrogen-bond acceptors (Lipinski definition) is 7. The summed E-state index contributed by atoms with van der Waals surface area (Å²) in [4.78, 5) is 27.0. The molecule has 8 nitrogen and oxygen atoms in total. The Kier molecular flexibility index (Phi) is 7.28. The maximum absolute atomic E-state index is 13.2. The lowest BCUT2D eigenvalue weighted by atomic mass is 10.3. The fraction of sp³-hybridized carbons (Fsp3) is 0.846. The summed E-state index contributed by atoms with van der Waals surface area (Å²) in [5, 5.41) is 9.17. The van der Waals surface area contributed by atoms with Crippen LogP contribution < -0.4 is 0 Å². The lowest BCUT2D eigenvalue weighted by molar-refractivity contribution is -0.212. The molecule has 0 radical (unpaired) electrons. The molecule has 0 unspecified atom stereocenters. The molecule has 2 fully saturated rings. The summed E-state index contributed by atoms with van der Waals surface area (Å²) < 4.78 is 50.2. The van der Waals surface area contributed by atoms with Crippen molar-refractivity contribution in [3.05, 3.63) is 0 Å². The predicted molar refractivity (Wildman–Crippen MR) is 87.2 cm³/mol. The van der Waals surface area contributed by atoms with Gasteiger partial charge in [0, 0.05) is 33.5 Å². The summed E-state index contributed by atoms with van der Waals surface area (Å²) in [5.41, 5.74) is -1.71. The number of rotatable bonds is 6. The molecule has 2 heterocycles. The van der Waals surface area contributed by atoms with Gasteiger partial charge in [0.2, 0.25) is 5.53 Å². The van der Waals surface area contributed by atoms with Crippen LogP contribution >= 0.6 is 7.36 Å². The van der Waals surface area contributed by atoms with Crippen molar-refractivity contribution in [3.63, 3.8) is 0 Å². The van der Waals surface area contributed by atoms with Crippen LogP contribution in [0.5, 0.6) is 0 Å². The second-order valence-electron chi connectivity index (χ2n) is 5.67. The minimum absolute atomic E-state index is 0.00539. The van der Waals surface area contributed by atoms with Gasteiger partial charge in [-0.2, -0.15) is 13.2 Å².